The molecule has 2 aromatic rings. The fourth-order valence-electron chi connectivity index (χ4n) is 3.82. The second-order valence-corrected chi connectivity index (χ2v) is 8.31. The van der Waals surface area contributed by atoms with Crippen LogP contribution in [0.4, 0.5) is 0 Å². The molecule has 1 aromatic heterocycles. The molecular formula is C21H23NO6S. The van der Waals surface area contributed by atoms with Gasteiger partial charge in [-0.15, -0.1) is 11.3 Å². The summed E-state index contributed by atoms with van der Waals surface area (Å²) in [6.07, 6.45) is 2.72. The Hall–Kier alpha value is -2.87. The lowest BCUT2D eigenvalue weighted by atomic mass is 9.80. The van der Waals surface area contributed by atoms with E-state index in [1.807, 2.05) is 6.07 Å². The van der Waals surface area contributed by atoms with E-state index in [1.54, 1.807) is 23.6 Å². The first kappa shape index (κ1) is 20.9. The van der Waals surface area contributed by atoms with Gasteiger partial charge in [-0.05, 0) is 65.4 Å². The quantitative estimate of drug-likeness (QED) is 0.608. The highest BCUT2D eigenvalue weighted by Gasteiger charge is 2.26. The predicted molar refractivity (Wildman–Crippen MR) is 107 cm³/mol. The number of aryl methyl sites for hydroxylation is 1. The average Bonchev–Trinajstić information content (AvgIpc) is 3.06. The van der Waals surface area contributed by atoms with Crippen molar-refractivity contribution in [3.63, 3.8) is 0 Å². The highest BCUT2D eigenvalue weighted by Crippen LogP contribution is 2.36. The van der Waals surface area contributed by atoms with Crippen LogP contribution in [-0.2, 0) is 33.8 Å². The highest BCUT2D eigenvalue weighted by molar-refractivity contribution is 7.10. The molecule has 0 radical (unpaired) electrons. The Morgan fingerprint density at radius 3 is 2.66 bits per heavy atom. The summed E-state index contributed by atoms with van der Waals surface area (Å²) in [5, 5.41) is 29.6. The van der Waals surface area contributed by atoms with Crippen molar-refractivity contribution >= 4 is 29.2 Å². The van der Waals surface area contributed by atoms with Gasteiger partial charge >= 0.3 is 11.9 Å². The van der Waals surface area contributed by atoms with Crippen molar-refractivity contribution < 1.29 is 29.7 Å². The van der Waals surface area contributed by atoms with Crippen LogP contribution in [0.1, 0.15) is 46.7 Å². The van der Waals surface area contributed by atoms with Crippen molar-refractivity contribution in [1.82, 2.24) is 4.90 Å². The van der Waals surface area contributed by atoms with Gasteiger partial charge in [0.15, 0.2) is 0 Å². The van der Waals surface area contributed by atoms with Crippen LogP contribution in [0.25, 0.3) is 0 Å². The normalized spacial score (nSPS) is 15.5. The zero-order valence-corrected chi connectivity index (χ0v) is 16.7. The number of hydrogen-bond acceptors (Lipinski definition) is 5. The molecule has 0 bridgehead atoms. The van der Waals surface area contributed by atoms with Crippen molar-refractivity contribution in [2.45, 2.75) is 44.6 Å². The molecule has 3 rings (SSSR count). The van der Waals surface area contributed by atoms with E-state index >= 15 is 0 Å². The van der Waals surface area contributed by atoms with E-state index in [2.05, 4.69) is 0 Å². The molecule has 0 aliphatic heterocycles. The number of benzene rings is 1. The van der Waals surface area contributed by atoms with Gasteiger partial charge in [-0.3, -0.25) is 14.4 Å². The van der Waals surface area contributed by atoms with Gasteiger partial charge in [0.2, 0.25) is 5.91 Å². The lowest BCUT2D eigenvalue weighted by molar-refractivity contribution is -0.145. The van der Waals surface area contributed by atoms with Crippen LogP contribution in [0.3, 0.4) is 0 Å². The van der Waals surface area contributed by atoms with E-state index in [-0.39, 0.29) is 37.0 Å². The molecule has 1 aromatic carbocycles. The van der Waals surface area contributed by atoms with Crippen molar-refractivity contribution in [3.05, 3.63) is 51.2 Å². The zero-order valence-electron chi connectivity index (χ0n) is 15.8. The van der Waals surface area contributed by atoms with Gasteiger partial charge < -0.3 is 20.2 Å². The number of fused-ring (bicyclic) bond motifs is 1. The fourth-order valence-corrected chi connectivity index (χ4v) is 4.69. The Kier molecular flexibility index (Phi) is 6.53. The Bertz CT molecular complexity index is 922. The number of amides is 1. The third kappa shape index (κ3) is 5.57. The number of carboxylic acids is 2. The van der Waals surface area contributed by atoms with Crippen molar-refractivity contribution in [2.24, 2.45) is 0 Å². The second-order valence-electron chi connectivity index (χ2n) is 7.31. The highest BCUT2D eigenvalue weighted by atomic mass is 32.1. The Labute approximate surface area is 172 Å². The summed E-state index contributed by atoms with van der Waals surface area (Å²) in [5.41, 5.74) is 2.81. The number of phenols is 1. The minimum atomic E-state index is -1.09. The molecule has 7 nitrogen and oxygen atoms in total. The maximum Gasteiger partial charge on any atom is 0.323 e. The number of aromatic hydroxyl groups is 1. The number of carbonyl (C=O) groups excluding carboxylic acids is 1. The van der Waals surface area contributed by atoms with E-state index in [4.69, 9.17) is 5.11 Å². The first-order valence-corrected chi connectivity index (χ1v) is 10.3. The summed E-state index contributed by atoms with van der Waals surface area (Å²) < 4.78 is 0. The minimum absolute atomic E-state index is 0.00630. The minimum Gasteiger partial charge on any atom is -0.508 e. The fraction of sp³-hybridized carbons (Fsp3) is 0.381. The number of nitrogens with zero attached hydrogens (tertiary/aromatic N) is 1. The largest absolute Gasteiger partial charge is 0.508 e. The third-order valence-corrected chi connectivity index (χ3v) is 6.06. The first-order valence-electron chi connectivity index (χ1n) is 9.41. The SMILES string of the molecule is O=C(O)Cc1cc(CN(CC(=O)O)C(=O)CC2CCCc3cc(O)ccc32)cs1. The molecule has 1 heterocycles. The second kappa shape index (κ2) is 9.09. The van der Waals surface area contributed by atoms with Crippen LogP contribution in [-0.4, -0.2) is 44.6 Å². The van der Waals surface area contributed by atoms with Gasteiger partial charge in [0.25, 0.3) is 0 Å². The Morgan fingerprint density at radius 1 is 1.14 bits per heavy atom. The Balaban J connectivity index is 1.72. The molecule has 1 atom stereocenters. The molecular weight excluding hydrogens is 394 g/mol. The smallest absolute Gasteiger partial charge is 0.323 e. The molecule has 154 valence electrons. The van der Waals surface area contributed by atoms with Gasteiger partial charge in [0.05, 0.1) is 6.42 Å². The van der Waals surface area contributed by atoms with Crippen molar-refractivity contribution in [3.8, 4) is 5.75 Å². The molecule has 1 unspecified atom stereocenters. The van der Waals surface area contributed by atoms with Crippen LogP contribution in [0.15, 0.2) is 29.6 Å². The van der Waals surface area contributed by atoms with Gasteiger partial charge in [-0.2, -0.15) is 0 Å². The number of thiophene rings is 1. The number of rotatable bonds is 8. The molecule has 0 saturated carbocycles. The standard InChI is InChI=1S/C21H23NO6S/c23-16-4-5-18-14(7-16)2-1-3-15(18)8-19(24)22(11-21(27)28)10-13-6-17(29-12-13)9-20(25)26/h4-7,12,15,23H,1-3,8-11H2,(H,25,26)(H,27,28). The number of hydrogen-bond donors (Lipinski definition) is 3. The maximum absolute atomic E-state index is 12.9. The van der Waals surface area contributed by atoms with Crippen molar-refractivity contribution in [1.29, 1.82) is 0 Å². The van der Waals surface area contributed by atoms with Gasteiger partial charge in [-0.25, -0.2) is 0 Å². The van der Waals surface area contributed by atoms with Gasteiger partial charge in [-0.1, -0.05) is 6.07 Å². The molecule has 0 fully saturated rings. The van der Waals surface area contributed by atoms with E-state index in [9.17, 15) is 24.6 Å². The Morgan fingerprint density at radius 2 is 1.93 bits per heavy atom. The summed E-state index contributed by atoms with van der Waals surface area (Å²) in [4.78, 5) is 37.0. The first-order chi connectivity index (χ1) is 13.8. The average molecular weight is 417 g/mol. The lowest BCUT2D eigenvalue weighted by Gasteiger charge is -2.28. The number of carboxylic acid groups (broad SMARTS) is 2. The van der Waals surface area contributed by atoms with Crippen LogP contribution < -0.4 is 0 Å². The van der Waals surface area contributed by atoms with Gasteiger partial charge in [0.1, 0.15) is 12.3 Å². The molecule has 8 heteroatoms. The third-order valence-electron chi connectivity index (χ3n) is 5.07. The molecule has 29 heavy (non-hydrogen) atoms. The summed E-state index contributed by atoms with van der Waals surface area (Å²) in [6.45, 7) is -0.269. The van der Waals surface area contributed by atoms with E-state index < -0.39 is 18.5 Å². The molecule has 1 aliphatic carbocycles. The van der Waals surface area contributed by atoms with Crippen molar-refractivity contribution in [2.75, 3.05) is 6.54 Å². The van der Waals surface area contributed by atoms with Crippen LogP contribution in [0.2, 0.25) is 0 Å². The molecule has 0 saturated heterocycles. The van der Waals surface area contributed by atoms with E-state index in [1.165, 1.54) is 16.2 Å². The number of phenolic OH excluding ortho intramolecular Hbond substituents is 1. The molecule has 1 aliphatic rings. The van der Waals surface area contributed by atoms with Gasteiger partial charge in [0, 0.05) is 17.8 Å². The predicted octanol–water partition coefficient (Wildman–Crippen LogP) is 3.00. The lowest BCUT2D eigenvalue weighted by Crippen LogP contribution is -2.36. The summed E-state index contributed by atoms with van der Waals surface area (Å²) >= 11 is 1.29. The van der Waals surface area contributed by atoms with E-state index in [0.29, 0.717) is 4.88 Å². The number of carbonyl (C=O) groups is 3. The van der Waals surface area contributed by atoms with Crippen LogP contribution >= 0.6 is 11.3 Å². The summed E-state index contributed by atoms with van der Waals surface area (Å²) in [6, 6.07) is 6.91. The number of aliphatic carboxylic acids is 2. The zero-order chi connectivity index (χ0) is 21.0. The maximum atomic E-state index is 12.9. The topological polar surface area (TPSA) is 115 Å². The molecule has 1 amide bonds. The van der Waals surface area contributed by atoms with Crippen LogP contribution in [0.5, 0.6) is 5.75 Å². The molecule has 0 spiro atoms. The summed E-state index contributed by atoms with van der Waals surface area (Å²) in [7, 11) is 0. The van der Waals surface area contributed by atoms with Crippen LogP contribution in [0, 0.1) is 0 Å². The molecule has 3 N–H and O–H groups in total. The monoisotopic (exact) mass is 417 g/mol. The summed E-state index contributed by atoms with van der Waals surface area (Å²) in [5.74, 6) is -2.07. The van der Waals surface area contributed by atoms with E-state index in [0.717, 1.165) is 36.0 Å².